The van der Waals surface area contributed by atoms with Gasteiger partial charge in [0, 0.05) is 6.07 Å². The highest BCUT2D eigenvalue weighted by atomic mass is 16.3. The Morgan fingerprint density at radius 2 is 2.19 bits per heavy atom. The van der Waals surface area contributed by atoms with Crippen LogP contribution in [0.4, 0.5) is 0 Å². The van der Waals surface area contributed by atoms with Gasteiger partial charge in [-0.15, -0.1) is 0 Å². The Labute approximate surface area is 91.9 Å². The maximum Gasteiger partial charge on any atom is 0.267 e. The molecule has 0 aromatic carbocycles. The Bertz CT molecular complexity index is 469. The number of aryl methyl sites for hydroxylation is 1. The van der Waals surface area contributed by atoms with E-state index < -0.39 is 12.3 Å². The molecule has 0 spiro atoms. The van der Waals surface area contributed by atoms with Crippen LogP contribution in [0.25, 0.3) is 0 Å². The molecule has 0 bridgehead atoms. The summed E-state index contributed by atoms with van der Waals surface area (Å²) < 4.78 is 1.18. The Morgan fingerprint density at radius 3 is 2.88 bits per heavy atom. The molecule has 2 rings (SSSR count). The van der Waals surface area contributed by atoms with Crippen molar-refractivity contribution in [1.29, 1.82) is 0 Å². The van der Waals surface area contributed by atoms with Gasteiger partial charge in [-0.3, -0.25) is 9.59 Å². The van der Waals surface area contributed by atoms with E-state index in [4.69, 9.17) is 0 Å². The minimum absolute atomic E-state index is 0.304. The number of rotatable bonds is 1. The summed E-state index contributed by atoms with van der Waals surface area (Å²) in [5.74, 6) is -0.362. The van der Waals surface area contributed by atoms with Crippen LogP contribution in [0, 0.1) is 6.92 Å². The Morgan fingerprint density at radius 1 is 1.44 bits per heavy atom. The number of nitrogens with one attached hydrogen (secondary N) is 1. The topological polar surface area (TPSA) is 84.2 Å². The molecule has 16 heavy (non-hydrogen) atoms. The fourth-order valence-corrected chi connectivity index (χ4v) is 1.76. The third-order valence-corrected chi connectivity index (χ3v) is 2.58. The van der Waals surface area contributed by atoms with Crippen molar-refractivity contribution in [3.8, 4) is 0 Å². The largest absolute Gasteiger partial charge is 0.374 e. The van der Waals surface area contributed by atoms with E-state index in [2.05, 4.69) is 10.4 Å². The van der Waals surface area contributed by atoms with Gasteiger partial charge in [0.1, 0.15) is 12.3 Å². The van der Waals surface area contributed by atoms with Gasteiger partial charge in [-0.05, 0) is 25.8 Å². The van der Waals surface area contributed by atoms with Crippen LogP contribution in [0.3, 0.4) is 0 Å². The van der Waals surface area contributed by atoms with Gasteiger partial charge >= 0.3 is 0 Å². The molecule has 1 aliphatic rings. The third-order valence-electron chi connectivity index (χ3n) is 2.58. The van der Waals surface area contributed by atoms with Gasteiger partial charge in [0.25, 0.3) is 5.56 Å². The van der Waals surface area contributed by atoms with E-state index in [-0.39, 0.29) is 11.5 Å². The maximum atomic E-state index is 11.6. The summed E-state index contributed by atoms with van der Waals surface area (Å²) in [6, 6.07) is 2.38. The number of piperidine rings is 1. The number of aromatic nitrogens is 2. The first-order valence-electron chi connectivity index (χ1n) is 5.13. The number of nitrogens with zero attached hydrogens (tertiary/aromatic N) is 2. The molecule has 1 aromatic heterocycles. The highest BCUT2D eigenvalue weighted by Gasteiger charge is 2.29. The highest BCUT2D eigenvalue weighted by Crippen LogP contribution is 2.17. The first-order chi connectivity index (χ1) is 7.58. The molecule has 1 fully saturated rings. The SMILES string of the molecule is Cc1ccc(=O)n(C2CCC(O)NC2=O)n1. The molecule has 1 aromatic rings. The van der Waals surface area contributed by atoms with Crippen LogP contribution in [0.1, 0.15) is 24.6 Å². The van der Waals surface area contributed by atoms with E-state index in [1.54, 1.807) is 13.0 Å². The lowest BCUT2D eigenvalue weighted by atomic mass is 10.1. The summed E-state index contributed by atoms with van der Waals surface area (Å²) in [6.07, 6.45) is 0.0335. The van der Waals surface area contributed by atoms with Gasteiger partial charge in [0.05, 0.1) is 5.69 Å². The number of carbonyl (C=O) groups is 1. The minimum Gasteiger partial charge on any atom is -0.374 e. The summed E-state index contributed by atoms with van der Waals surface area (Å²) in [7, 11) is 0. The first-order valence-corrected chi connectivity index (χ1v) is 5.13. The van der Waals surface area contributed by atoms with Crippen molar-refractivity contribution in [2.45, 2.75) is 32.0 Å². The van der Waals surface area contributed by atoms with Crippen LogP contribution in [-0.2, 0) is 4.79 Å². The predicted molar refractivity (Wildman–Crippen MR) is 55.7 cm³/mol. The van der Waals surface area contributed by atoms with Crippen LogP contribution in [0.2, 0.25) is 0 Å². The zero-order valence-electron chi connectivity index (χ0n) is 8.88. The van der Waals surface area contributed by atoms with E-state index >= 15 is 0 Å². The quantitative estimate of drug-likeness (QED) is 0.660. The molecular weight excluding hydrogens is 210 g/mol. The van der Waals surface area contributed by atoms with Gasteiger partial charge in [0.2, 0.25) is 5.91 Å². The smallest absolute Gasteiger partial charge is 0.267 e. The molecule has 2 unspecified atom stereocenters. The molecule has 86 valence electrons. The van der Waals surface area contributed by atoms with E-state index in [9.17, 15) is 14.7 Å². The molecule has 6 nitrogen and oxygen atoms in total. The Balaban J connectivity index is 2.34. The van der Waals surface area contributed by atoms with Crippen molar-refractivity contribution in [2.24, 2.45) is 0 Å². The van der Waals surface area contributed by atoms with E-state index in [1.807, 2.05) is 0 Å². The van der Waals surface area contributed by atoms with Crippen LogP contribution in [-0.4, -0.2) is 27.0 Å². The second-order valence-electron chi connectivity index (χ2n) is 3.88. The van der Waals surface area contributed by atoms with Gasteiger partial charge < -0.3 is 10.4 Å². The van der Waals surface area contributed by atoms with E-state index in [0.29, 0.717) is 18.5 Å². The first kappa shape index (κ1) is 10.8. The predicted octanol–water partition coefficient (Wildman–Crippen LogP) is -0.679. The molecule has 1 amide bonds. The average Bonchev–Trinajstić information content (AvgIpc) is 2.22. The van der Waals surface area contributed by atoms with Crippen molar-refractivity contribution < 1.29 is 9.90 Å². The van der Waals surface area contributed by atoms with Crippen molar-refractivity contribution in [3.05, 3.63) is 28.2 Å². The van der Waals surface area contributed by atoms with Crippen LogP contribution in [0.5, 0.6) is 0 Å². The number of hydrogen-bond acceptors (Lipinski definition) is 4. The summed E-state index contributed by atoms with van der Waals surface area (Å²) >= 11 is 0. The molecular formula is C10H13N3O3. The monoisotopic (exact) mass is 223 g/mol. The lowest BCUT2D eigenvalue weighted by molar-refractivity contribution is -0.131. The summed E-state index contributed by atoms with van der Waals surface area (Å²) in [4.78, 5) is 23.2. The van der Waals surface area contributed by atoms with Crippen LogP contribution in [0.15, 0.2) is 16.9 Å². The lowest BCUT2D eigenvalue weighted by Gasteiger charge is -2.26. The molecule has 2 atom stereocenters. The molecule has 2 N–H and O–H groups in total. The highest BCUT2D eigenvalue weighted by molar-refractivity contribution is 5.81. The number of aliphatic hydroxyl groups is 1. The fourth-order valence-electron chi connectivity index (χ4n) is 1.76. The van der Waals surface area contributed by atoms with Crippen molar-refractivity contribution in [2.75, 3.05) is 0 Å². The standard InChI is InChI=1S/C10H13N3O3/c1-6-2-5-9(15)13(12-6)7-3-4-8(14)11-10(7)16/h2,5,7-8,14H,3-4H2,1H3,(H,11,16). The normalized spacial score (nSPS) is 25.2. The number of aliphatic hydroxyl groups excluding tert-OH is 1. The number of amides is 1. The van der Waals surface area contributed by atoms with Gasteiger partial charge in [-0.1, -0.05) is 0 Å². The number of hydrogen-bond donors (Lipinski definition) is 2. The molecule has 1 saturated heterocycles. The lowest BCUT2D eigenvalue weighted by Crippen LogP contribution is -2.47. The molecule has 6 heteroatoms. The van der Waals surface area contributed by atoms with Gasteiger partial charge in [-0.2, -0.15) is 5.10 Å². The van der Waals surface area contributed by atoms with Crippen molar-refractivity contribution in [3.63, 3.8) is 0 Å². The summed E-state index contributed by atoms with van der Waals surface area (Å²) in [5.41, 5.74) is 0.376. The number of carbonyl (C=O) groups excluding carboxylic acids is 1. The zero-order chi connectivity index (χ0) is 11.7. The summed E-state index contributed by atoms with van der Waals surface area (Å²) in [6.45, 7) is 1.76. The molecule has 0 saturated carbocycles. The fraction of sp³-hybridized carbons (Fsp3) is 0.500. The second-order valence-corrected chi connectivity index (χ2v) is 3.88. The van der Waals surface area contributed by atoms with Crippen molar-refractivity contribution >= 4 is 5.91 Å². The molecule has 1 aliphatic heterocycles. The maximum absolute atomic E-state index is 11.6. The van der Waals surface area contributed by atoms with Crippen molar-refractivity contribution in [1.82, 2.24) is 15.1 Å². The van der Waals surface area contributed by atoms with Crippen LogP contribution >= 0.6 is 0 Å². The second kappa shape index (κ2) is 4.05. The van der Waals surface area contributed by atoms with Crippen LogP contribution < -0.4 is 10.9 Å². The molecule has 2 heterocycles. The Kier molecular flexibility index (Phi) is 2.74. The van der Waals surface area contributed by atoms with Gasteiger partial charge in [-0.25, -0.2) is 4.68 Å². The molecule has 0 radical (unpaired) electrons. The van der Waals surface area contributed by atoms with E-state index in [1.165, 1.54) is 10.7 Å². The minimum atomic E-state index is -0.815. The average molecular weight is 223 g/mol. The zero-order valence-corrected chi connectivity index (χ0v) is 8.88. The Hall–Kier alpha value is -1.69. The summed E-state index contributed by atoms with van der Waals surface area (Å²) in [5, 5.41) is 15.7. The van der Waals surface area contributed by atoms with E-state index in [0.717, 1.165) is 0 Å². The third kappa shape index (κ3) is 1.96. The molecule has 0 aliphatic carbocycles. The van der Waals surface area contributed by atoms with Gasteiger partial charge in [0.15, 0.2) is 0 Å².